The molecule has 1 saturated heterocycles. The van der Waals surface area contributed by atoms with E-state index in [1.54, 1.807) is 0 Å². The van der Waals surface area contributed by atoms with Gasteiger partial charge in [0.2, 0.25) is 0 Å². The molecule has 2 N–H and O–H groups in total. The van der Waals surface area contributed by atoms with E-state index in [4.69, 9.17) is 4.74 Å². The molecule has 0 unspecified atom stereocenters. The average Bonchev–Trinajstić information content (AvgIpc) is 2.18. The van der Waals surface area contributed by atoms with Crippen molar-refractivity contribution in [2.24, 2.45) is 0 Å². The number of carbonyl (C=O) groups excluding carboxylic acids is 1. The van der Waals surface area contributed by atoms with Crippen LogP contribution in [0.4, 0.5) is 0 Å². The van der Waals surface area contributed by atoms with Crippen molar-refractivity contribution in [1.82, 2.24) is 10.6 Å². The summed E-state index contributed by atoms with van der Waals surface area (Å²) in [5.74, 6) is 0.000602. The summed E-state index contributed by atoms with van der Waals surface area (Å²) in [6, 6.07) is 0. The zero-order valence-corrected chi connectivity index (χ0v) is 11.2. The number of rotatable bonds is 4. The summed E-state index contributed by atoms with van der Waals surface area (Å²) in [5, 5.41) is 6.17. The van der Waals surface area contributed by atoms with Crippen LogP contribution in [0.3, 0.4) is 0 Å². The van der Waals surface area contributed by atoms with E-state index in [9.17, 15) is 4.79 Å². The molecule has 1 heterocycles. The molecule has 0 radical (unpaired) electrons. The molecule has 1 amide bonds. The smallest absolute Gasteiger partial charge is 0.250 e. The Bertz CT molecular complexity index is 216. The second-order valence-electron chi connectivity index (χ2n) is 4.69. The van der Waals surface area contributed by atoms with Crippen LogP contribution in [0.1, 0.15) is 33.6 Å². The highest BCUT2D eigenvalue weighted by Gasteiger charge is 2.26. The quantitative estimate of drug-likeness (QED) is 0.786. The fourth-order valence-corrected chi connectivity index (χ4v) is 1.84. The number of halogens is 1. The zero-order valence-electron chi connectivity index (χ0n) is 10.3. The van der Waals surface area contributed by atoms with Gasteiger partial charge in [-0.2, -0.15) is 0 Å². The molecule has 1 rings (SSSR count). The van der Waals surface area contributed by atoms with Crippen molar-refractivity contribution in [3.05, 3.63) is 0 Å². The molecule has 0 aliphatic carbocycles. The van der Waals surface area contributed by atoms with Crippen LogP contribution in [0.5, 0.6) is 0 Å². The lowest BCUT2D eigenvalue weighted by Crippen LogP contribution is -2.53. The molecule has 1 atom stereocenters. The molecule has 1 aliphatic rings. The molecule has 16 heavy (non-hydrogen) atoms. The summed E-state index contributed by atoms with van der Waals surface area (Å²) in [4.78, 5) is 11.8. The van der Waals surface area contributed by atoms with Gasteiger partial charge in [0.05, 0.1) is 6.61 Å². The summed E-state index contributed by atoms with van der Waals surface area (Å²) in [5.41, 5.74) is -0.132. The normalized spacial score (nSPS) is 21.1. The van der Waals surface area contributed by atoms with E-state index in [1.165, 1.54) is 0 Å². The third-order valence-electron chi connectivity index (χ3n) is 2.56. The number of carbonyl (C=O) groups is 1. The fourth-order valence-electron chi connectivity index (χ4n) is 1.84. The Hall–Kier alpha value is -0.320. The van der Waals surface area contributed by atoms with Crippen molar-refractivity contribution in [1.29, 1.82) is 0 Å². The van der Waals surface area contributed by atoms with Gasteiger partial charge >= 0.3 is 0 Å². The maximum atomic E-state index is 11.8. The largest absolute Gasteiger partial charge is 0.366 e. The molecule has 0 aromatic heterocycles. The molecule has 5 heteroatoms. The third-order valence-corrected chi connectivity index (χ3v) is 2.56. The van der Waals surface area contributed by atoms with Crippen LogP contribution in [0.15, 0.2) is 0 Å². The number of ether oxygens (including phenoxy) is 1. The Labute approximate surface area is 104 Å². The lowest BCUT2D eigenvalue weighted by molar-refractivity contribution is -0.136. The minimum Gasteiger partial charge on any atom is -0.366 e. The van der Waals surface area contributed by atoms with E-state index >= 15 is 0 Å². The first-order chi connectivity index (χ1) is 7.05. The van der Waals surface area contributed by atoms with Gasteiger partial charge < -0.3 is 15.4 Å². The van der Waals surface area contributed by atoms with Crippen LogP contribution in [0.2, 0.25) is 0 Å². The van der Waals surface area contributed by atoms with E-state index in [0.29, 0.717) is 13.2 Å². The Morgan fingerprint density at radius 2 is 2.25 bits per heavy atom. The summed E-state index contributed by atoms with van der Waals surface area (Å²) in [6.45, 7) is 8.28. The highest BCUT2D eigenvalue weighted by molar-refractivity contribution is 5.85. The molecule has 0 aromatic rings. The predicted octanol–water partition coefficient (Wildman–Crippen LogP) is 1.09. The van der Waals surface area contributed by atoms with E-state index in [0.717, 1.165) is 19.4 Å². The van der Waals surface area contributed by atoms with Crippen LogP contribution in [-0.2, 0) is 9.53 Å². The molecule has 0 spiro atoms. The third kappa shape index (κ3) is 5.14. The van der Waals surface area contributed by atoms with Crippen molar-refractivity contribution in [3.63, 3.8) is 0 Å². The van der Waals surface area contributed by atoms with Gasteiger partial charge in [0.1, 0.15) is 6.10 Å². The molecule has 4 nitrogen and oxygen atoms in total. The van der Waals surface area contributed by atoms with Crippen LogP contribution in [0, 0.1) is 0 Å². The maximum absolute atomic E-state index is 11.8. The average molecular weight is 251 g/mol. The lowest BCUT2D eigenvalue weighted by atomic mass is 9.98. The minimum atomic E-state index is -0.324. The van der Waals surface area contributed by atoms with Gasteiger partial charge in [0.15, 0.2) is 0 Å². The summed E-state index contributed by atoms with van der Waals surface area (Å²) in [7, 11) is 0. The van der Waals surface area contributed by atoms with Crippen molar-refractivity contribution in [2.45, 2.75) is 45.3 Å². The second kappa shape index (κ2) is 7.09. The fraction of sp³-hybridized carbons (Fsp3) is 0.909. The molecular formula is C11H23ClN2O2. The minimum absolute atomic E-state index is 0. The molecule has 0 aromatic carbocycles. The first-order valence-corrected chi connectivity index (χ1v) is 5.69. The maximum Gasteiger partial charge on any atom is 0.250 e. The second-order valence-corrected chi connectivity index (χ2v) is 4.69. The van der Waals surface area contributed by atoms with Gasteiger partial charge in [-0.15, -0.1) is 12.4 Å². The van der Waals surface area contributed by atoms with Gasteiger partial charge in [-0.1, -0.05) is 13.3 Å². The van der Waals surface area contributed by atoms with Crippen molar-refractivity contribution < 1.29 is 9.53 Å². The van der Waals surface area contributed by atoms with E-state index in [-0.39, 0.29) is 30.0 Å². The highest BCUT2D eigenvalue weighted by atomic mass is 35.5. The summed E-state index contributed by atoms with van der Waals surface area (Å²) >= 11 is 0. The molecule has 96 valence electrons. The summed E-state index contributed by atoms with van der Waals surface area (Å²) in [6.07, 6.45) is 1.73. The van der Waals surface area contributed by atoms with Crippen LogP contribution < -0.4 is 10.6 Å². The molecule has 1 fully saturated rings. The van der Waals surface area contributed by atoms with Gasteiger partial charge in [-0.3, -0.25) is 4.79 Å². The number of amides is 1. The Balaban J connectivity index is 0.00000225. The molecule has 1 aliphatic heterocycles. The van der Waals surface area contributed by atoms with Gasteiger partial charge in [-0.05, 0) is 20.3 Å². The molecular weight excluding hydrogens is 228 g/mol. The topological polar surface area (TPSA) is 50.4 Å². The monoisotopic (exact) mass is 250 g/mol. The zero-order chi connectivity index (χ0) is 11.3. The van der Waals surface area contributed by atoms with Crippen molar-refractivity contribution in [3.8, 4) is 0 Å². The van der Waals surface area contributed by atoms with Gasteiger partial charge in [0, 0.05) is 18.6 Å². The Morgan fingerprint density at radius 1 is 1.56 bits per heavy atom. The van der Waals surface area contributed by atoms with E-state index in [1.807, 2.05) is 13.8 Å². The lowest BCUT2D eigenvalue weighted by Gasteiger charge is -2.30. The number of morpholine rings is 1. The molecule has 0 bridgehead atoms. The van der Waals surface area contributed by atoms with Gasteiger partial charge in [0.25, 0.3) is 5.91 Å². The van der Waals surface area contributed by atoms with Gasteiger partial charge in [-0.25, -0.2) is 0 Å². The SMILES string of the molecule is CCCC(C)(C)NC(=O)[C@@H]1CNCCO1.Cl. The summed E-state index contributed by atoms with van der Waals surface area (Å²) < 4.78 is 5.39. The highest BCUT2D eigenvalue weighted by Crippen LogP contribution is 2.11. The number of hydrogen-bond acceptors (Lipinski definition) is 3. The van der Waals surface area contributed by atoms with Crippen molar-refractivity contribution >= 4 is 18.3 Å². The number of nitrogens with one attached hydrogen (secondary N) is 2. The molecule has 0 saturated carbocycles. The first kappa shape index (κ1) is 15.7. The predicted molar refractivity (Wildman–Crippen MR) is 67.0 cm³/mol. The Kier molecular flexibility index (Phi) is 6.95. The van der Waals surface area contributed by atoms with Crippen LogP contribution in [-0.4, -0.2) is 37.2 Å². The first-order valence-electron chi connectivity index (χ1n) is 5.69. The van der Waals surface area contributed by atoms with E-state index < -0.39 is 0 Å². The van der Waals surface area contributed by atoms with Crippen molar-refractivity contribution in [2.75, 3.05) is 19.7 Å². The van der Waals surface area contributed by atoms with Crippen LogP contribution >= 0.6 is 12.4 Å². The Morgan fingerprint density at radius 3 is 2.75 bits per heavy atom. The van der Waals surface area contributed by atoms with E-state index in [2.05, 4.69) is 17.6 Å². The number of hydrogen-bond donors (Lipinski definition) is 2. The van der Waals surface area contributed by atoms with Crippen LogP contribution in [0.25, 0.3) is 0 Å². The standard InChI is InChI=1S/C11H22N2O2.ClH/c1-4-5-11(2,3)13-10(14)9-8-12-6-7-15-9;/h9,12H,4-8H2,1-3H3,(H,13,14);1H/t9-;/m0./s1.